The summed E-state index contributed by atoms with van der Waals surface area (Å²) in [6.07, 6.45) is 0. The van der Waals surface area contributed by atoms with E-state index in [0.29, 0.717) is 33.9 Å². The van der Waals surface area contributed by atoms with Crippen molar-refractivity contribution in [3.05, 3.63) is 56.6 Å². The van der Waals surface area contributed by atoms with Crippen LogP contribution in [0.4, 0.5) is 0 Å². The third-order valence-corrected chi connectivity index (χ3v) is 8.33. The number of thioether (sulfide) groups is 1. The number of benzene rings is 2. The highest BCUT2D eigenvalue weighted by Crippen LogP contribution is 2.41. The van der Waals surface area contributed by atoms with Gasteiger partial charge in [-0.2, -0.15) is 0 Å². The van der Waals surface area contributed by atoms with E-state index in [1.807, 2.05) is 37.3 Å². The SMILES string of the molecule is CCOC(=O)c1c(CSc2ccc(Cl)cc2)n(CC)c2cc(Br)c(O)c(CN3CCN(C)CC3)c12. The Kier molecular flexibility index (Phi) is 8.71. The topological polar surface area (TPSA) is 57.9 Å². The Morgan fingerprint density at radius 1 is 1.17 bits per heavy atom. The molecule has 1 N–H and O–H groups in total. The lowest BCUT2D eigenvalue weighted by molar-refractivity contribution is 0.0527. The van der Waals surface area contributed by atoms with Gasteiger partial charge in [0, 0.05) is 71.6 Å². The standard InChI is InChI=1S/C26H31BrClN3O3S/c1-4-31-21-14-20(27)25(32)19(15-30-12-10-29(3)11-13-30)23(21)24(26(33)34-5-2)22(31)16-35-18-8-6-17(28)7-9-18/h6-9,14,32H,4-5,10-13,15-16H2,1-3H3. The number of carbonyl (C=O) groups excluding carboxylic acids is 1. The van der Waals surface area contributed by atoms with Gasteiger partial charge in [-0.05, 0) is 67.2 Å². The second kappa shape index (κ2) is 11.6. The third-order valence-electron chi connectivity index (χ3n) is 6.45. The average molecular weight is 581 g/mol. The minimum absolute atomic E-state index is 0.187. The number of likely N-dealkylation sites (N-methyl/N-ethyl adjacent to an activating group) is 1. The molecular formula is C26H31BrClN3O3S. The zero-order chi connectivity index (χ0) is 25.1. The van der Waals surface area contributed by atoms with Crippen molar-refractivity contribution in [3.8, 4) is 5.75 Å². The van der Waals surface area contributed by atoms with Crippen molar-refractivity contribution < 1.29 is 14.6 Å². The molecule has 6 nitrogen and oxygen atoms in total. The number of esters is 1. The molecule has 0 saturated carbocycles. The van der Waals surface area contributed by atoms with Gasteiger partial charge in [-0.15, -0.1) is 11.8 Å². The lowest BCUT2D eigenvalue weighted by Gasteiger charge is -2.32. The molecule has 0 bridgehead atoms. The zero-order valence-corrected chi connectivity index (χ0v) is 23.5. The van der Waals surface area contributed by atoms with Crippen molar-refractivity contribution in [3.63, 3.8) is 0 Å². The van der Waals surface area contributed by atoms with Crippen LogP contribution in [-0.2, 0) is 23.6 Å². The third kappa shape index (κ3) is 5.67. The summed E-state index contributed by atoms with van der Waals surface area (Å²) < 4.78 is 8.34. The number of hydrogen-bond donors (Lipinski definition) is 1. The van der Waals surface area contributed by atoms with E-state index < -0.39 is 0 Å². The summed E-state index contributed by atoms with van der Waals surface area (Å²) in [6, 6.07) is 9.62. The van der Waals surface area contributed by atoms with Gasteiger partial charge in [-0.1, -0.05) is 11.6 Å². The number of piperazine rings is 1. The Balaban J connectivity index is 1.84. The molecule has 9 heteroatoms. The van der Waals surface area contributed by atoms with Gasteiger partial charge in [0.15, 0.2) is 0 Å². The monoisotopic (exact) mass is 579 g/mol. The van der Waals surface area contributed by atoms with Gasteiger partial charge in [0.1, 0.15) is 5.75 Å². The maximum atomic E-state index is 13.4. The van der Waals surface area contributed by atoms with Gasteiger partial charge in [-0.25, -0.2) is 4.79 Å². The lowest BCUT2D eigenvalue weighted by Crippen LogP contribution is -2.43. The number of hydrogen-bond acceptors (Lipinski definition) is 6. The molecule has 1 fully saturated rings. The van der Waals surface area contributed by atoms with Gasteiger partial charge < -0.3 is 19.3 Å². The number of halogens is 2. The maximum absolute atomic E-state index is 13.4. The Hall–Kier alpha value is -1.71. The number of phenolic OH excluding ortho intramolecular Hbond substituents is 1. The number of aryl methyl sites for hydroxylation is 1. The van der Waals surface area contributed by atoms with Crippen LogP contribution in [0.1, 0.15) is 35.5 Å². The summed E-state index contributed by atoms with van der Waals surface area (Å²) in [5, 5.41) is 12.6. The van der Waals surface area contributed by atoms with Crippen LogP contribution >= 0.6 is 39.3 Å². The number of phenols is 1. The minimum Gasteiger partial charge on any atom is -0.506 e. The second-order valence-electron chi connectivity index (χ2n) is 8.69. The molecule has 1 aliphatic heterocycles. The van der Waals surface area contributed by atoms with Crippen LogP contribution in [0.15, 0.2) is 39.7 Å². The van der Waals surface area contributed by atoms with Gasteiger partial charge >= 0.3 is 5.97 Å². The fourth-order valence-corrected chi connectivity index (χ4v) is 6.11. The Morgan fingerprint density at radius 3 is 2.49 bits per heavy atom. The molecule has 2 aromatic carbocycles. The summed E-state index contributed by atoms with van der Waals surface area (Å²) in [7, 11) is 2.12. The van der Waals surface area contributed by atoms with Gasteiger partial charge in [-0.3, -0.25) is 4.90 Å². The van der Waals surface area contributed by atoms with Crippen molar-refractivity contribution in [1.82, 2.24) is 14.4 Å². The van der Waals surface area contributed by atoms with Crippen LogP contribution in [0.5, 0.6) is 5.75 Å². The van der Waals surface area contributed by atoms with Gasteiger partial charge in [0.25, 0.3) is 0 Å². The first-order chi connectivity index (χ1) is 16.8. The summed E-state index contributed by atoms with van der Waals surface area (Å²) in [6.45, 7) is 9.21. The molecule has 1 saturated heterocycles. The quantitative estimate of drug-likeness (QED) is 0.261. The fourth-order valence-electron chi connectivity index (χ4n) is 4.59. The Morgan fingerprint density at radius 2 is 1.86 bits per heavy atom. The van der Waals surface area contributed by atoms with E-state index in [-0.39, 0.29) is 18.3 Å². The highest BCUT2D eigenvalue weighted by atomic mass is 79.9. The molecule has 0 spiro atoms. The molecular weight excluding hydrogens is 550 g/mol. The zero-order valence-electron chi connectivity index (χ0n) is 20.3. The smallest absolute Gasteiger partial charge is 0.340 e. The van der Waals surface area contributed by atoms with E-state index in [4.69, 9.17) is 16.3 Å². The van der Waals surface area contributed by atoms with Crippen molar-refractivity contribution >= 4 is 56.2 Å². The molecule has 0 amide bonds. The number of aromatic nitrogens is 1. The van der Waals surface area contributed by atoms with Crippen LogP contribution < -0.4 is 0 Å². The number of nitrogens with zero attached hydrogens (tertiary/aromatic N) is 3. The first-order valence-electron chi connectivity index (χ1n) is 11.9. The van der Waals surface area contributed by atoms with Crippen molar-refractivity contribution in [2.45, 2.75) is 37.6 Å². The van der Waals surface area contributed by atoms with Crippen molar-refractivity contribution in [2.75, 3.05) is 39.8 Å². The number of fused-ring (bicyclic) bond motifs is 1. The lowest BCUT2D eigenvalue weighted by atomic mass is 10.0. The first-order valence-corrected chi connectivity index (χ1v) is 14.0. The molecule has 188 valence electrons. The predicted octanol–water partition coefficient (Wildman–Crippen LogP) is 6.00. The molecule has 4 rings (SSSR count). The van der Waals surface area contributed by atoms with E-state index in [1.165, 1.54) is 0 Å². The van der Waals surface area contributed by atoms with E-state index in [1.54, 1.807) is 11.8 Å². The number of rotatable bonds is 8. The molecule has 0 unspecified atom stereocenters. The van der Waals surface area contributed by atoms with Crippen LogP contribution in [0.2, 0.25) is 5.02 Å². The summed E-state index contributed by atoms with van der Waals surface area (Å²) in [5.74, 6) is 0.426. The highest BCUT2D eigenvalue weighted by Gasteiger charge is 2.29. The number of ether oxygens (including phenoxy) is 1. The van der Waals surface area contributed by atoms with Crippen LogP contribution in [0.3, 0.4) is 0 Å². The normalized spacial score (nSPS) is 15.1. The van der Waals surface area contributed by atoms with E-state index >= 15 is 0 Å². The summed E-state index contributed by atoms with van der Waals surface area (Å²) in [5.41, 5.74) is 3.15. The van der Waals surface area contributed by atoms with E-state index in [2.05, 4.69) is 44.3 Å². The average Bonchev–Trinajstić information content (AvgIpc) is 3.15. The first kappa shape index (κ1) is 26.4. The van der Waals surface area contributed by atoms with Crippen LogP contribution in [-0.4, -0.2) is 65.3 Å². The molecule has 0 aliphatic carbocycles. The number of aromatic hydroxyl groups is 1. The van der Waals surface area contributed by atoms with E-state index in [9.17, 15) is 9.90 Å². The Bertz CT molecular complexity index is 1210. The molecule has 1 aromatic heterocycles. The molecule has 35 heavy (non-hydrogen) atoms. The highest BCUT2D eigenvalue weighted by molar-refractivity contribution is 9.10. The van der Waals surface area contributed by atoms with Gasteiger partial charge in [0.2, 0.25) is 0 Å². The van der Waals surface area contributed by atoms with Crippen molar-refractivity contribution in [2.24, 2.45) is 0 Å². The van der Waals surface area contributed by atoms with Crippen LogP contribution in [0.25, 0.3) is 10.9 Å². The Labute approximate surface area is 224 Å². The largest absolute Gasteiger partial charge is 0.506 e. The van der Waals surface area contributed by atoms with Gasteiger partial charge in [0.05, 0.1) is 22.2 Å². The molecule has 0 radical (unpaired) electrons. The van der Waals surface area contributed by atoms with Crippen molar-refractivity contribution in [1.29, 1.82) is 0 Å². The van der Waals surface area contributed by atoms with E-state index in [0.717, 1.165) is 53.2 Å². The molecule has 3 aromatic rings. The maximum Gasteiger partial charge on any atom is 0.340 e. The fraction of sp³-hybridized carbons (Fsp3) is 0.423. The van der Waals surface area contributed by atoms with Crippen LogP contribution in [0, 0.1) is 0 Å². The second-order valence-corrected chi connectivity index (χ2v) is 11.0. The summed E-state index contributed by atoms with van der Waals surface area (Å²) in [4.78, 5) is 19.1. The number of carbonyl (C=O) groups is 1. The molecule has 1 aliphatic rings. The summed E-state index contributed by atoms with van der Waals surface area (Å²) >= 11 is 11.3. The molecule has 2 heterocycles. The molecule has 0 atom stereocenters. The predicted molar refractivity (Wildman–Crippen MR) is 147 cm³/mol. The minimum atomic E-state index is -0.349.